The average molecular weight is 210 g/mol. The quantitative estimate of drug-likeness (QED) is 0.755. The summed E-state index contributed by atoms with van der Waals surface area (Å²) in [5, 5.41) is 19.5. The van der Waals surface area contributed by atoms with Crippen LogP contribution in [-0.2, 0) is 0 Å². The van der Waals surface area contributed by atoms with E-state index >= 15 is 0 Å². The van der Waals surface area contributed by atoms with Gasteiger partial charge in [-0.05, 0) is 40.5 Å². The Kier molecular flexibility index (Phi) is 3.42. The van der Waals surface area contributed by atoms with Crippen LogP contribution in [0.3, 0.4) is 0 Å². The molecule has 15 heavy (non-hydrogen) atoms. The number of hydrogen-bond donors (Lipinski definition) is 1. The second-order valence-corrected chi connectivity index (χ2v) is 5.40. The number of nitrogens with zero attached hydrogens (tertiary/aromatic N) is 2. The normalized spacial score (nSPS) is 22.7. The van der Waals surface area contributed by atoms with E-state index in [2.05, 4.69) is 24.8 Å². The highest BCUT2D eigenvalue weighted by molar-refractivity contribution is 5.08. The Morgan fingerprint density at radius 2 is 1.80 bits per heavy atom. The molecule has 0 amide bonds. The molecule has 0 atom stereocenters. The molecule has 3 heteroatoms. The van der Waals surface area contributed by atoms with Crippen molar-refractivity contribution in [1.29, 1.82) is 5.26 Å². The third-order valence-electron chi connectivity index (χ3n) is 3.80. The minimum atomic E-state index is -0.812. The Bertz CT molecular complexity index is 257. The molecule has 0 bridgehead atoms. The highest BCUT2D eigenvalue weighted by atomic mass is 16.3. The third-order valence-corrected chi connectivity index (χ3v) is 3.80. The molecule has 0 radical (unpaired) electrons. The van der Waals surface area contributed by atoms with Crippen molar-refractivity contribution in [1.82, 2.24) is 4.90 Å². The van der Waals surface area contributed by atoms with Crippen molar-refractivity contribution >= 4 is 0 Å². The van der Waals surface area contributed by atoms with Crippen molar-refractivity contribution in [2.45, 2.75) is 52.2 Å². The molecule has 0 aliphatic carbocycles. The summed E-state index contributed by atoms with van der Waals surface area (Å²) >= 11 is 0. The fourth-order valence-electron chi connectivity index (χ4n) is 2.14. The minimum Gasteiger partial charge on any atom is -0.388 e. The van der Waals surface area contributed by atoms with Crippen LogP contribution in [-0.4, -0.2) is 34.7 Å². The van der Waals surface area contributed by atoms with Crippen molar-refractivity contribution in [2.24, 2.45) is 5.41 Å². The molecule has 0 unspecified atom stereocenters. The molecule has 1 heterocycles. The predicted octanol–water partition coefficient (Wildman–Crippen LogP) is 1.77. The van der Waals surface area contributed by atoms with E-state index in [1.807, 2.05) is 13.8 Å². The molecule has 0 saturated carbocycles. The molecule has 1 fully saturated rings. The van der Waals surface area contributed by atoms with E-state index in [-0.39, 0.29) is 0 Å². The molecule has 1 aliphatic rings. The van der Waals surface area contributed by atoms with Gasteiger partial charge in [-0.1, -0.05) is 0 Å². The van der Waals surface area contributed by atoms with Gasteiger partial charge in [0.15, 0.2) is 0 Å². The lowest BCUT2D eigenvalue weighted by Gasteiger charge is -2.45. The molecule has 3 nitrogen and oxygen atoms in total. The lowest BCUT2D eigenvalue weighted by molar-refractivity contribution is -0.0873. The lowest BCUT2D eigenvalue weighted by Crippen LogP contribution is -2.53. The van der Waals surface area contributed by atoms with Crippen LogP contribution in [0.5, 0.6) is 0 Å². The number of likely N-dealkylation sites (tertiary alicyclic amines) is 1. The molecule has 1 saturated heterocycles. The summed E-state index contributed by atoms with van der Waals surface area (Å²) in [7, 11) is 0. The van der Waals surface area contributed by atoms with Crippen molar-refractivity contribution in [2.75, 3.05) is 13.1 Å². The van der Waals surface area contributed by atoms with Gasteiger partial charge in [-0.2, -0.15) is 5.26 Å². The fraction of sp³-hybridized carbons (Fsp3) is 0.917. The number of nitriles is 1. The topological polar surface area (TPSA) is 47.3 Å². The molecule has 86 valence electrons. The first-order valence-electron chi connectivity index (χ1n) is 5.70. The highest BCUT2D eigenvalue weighted by Gasteiger charge is 2.45. The van der Waals surface area contributed by atoms with Crippen LogP contribution < -0.4 is 0 Å². The highest BCUT2D eigenvalue weighted by Crippen LogP contribution is 2.38. The second-order valence-electron chi connectivity index (χ2n) is 5.40. The zero-order valence-electron chi connectivity index (χ0n) is 10.2. The van der Waals surface area contributed by atoms with Gasteiger partial charge in [0.2, 0.25) is 0 Å². The largest absolute Gasteiger partial charge is 0.388 e. The fourth-order valence-corrected chi connectivity index (χ4v) is 2.14. The first-order valence-corrected chi connectivity index (χ1v) is 5.70. The summed E-state index contributed by atoms with van der Waals surface area (Å²) in [6.45, 7) is 9.77. The SMILES string of the molecule is CC(C)N1CCC(O)(C(C)(C)C#N)CC1. The molecule has 1 N–H and O–H groups in total. The lowest BCUT2D eigenvalue weighted by atomic mass is 9.70. The van der Waals surface area contributed by atoms with Gasteiger partial charge >= 0.3 is 0 Å². The van der Waals surface area contributed by atoms with Crippen LogP contribution in [0.2, 0.25) is 0 Å². The molecule has 0 spiro atoms. The van der Waals surface area contributed by atoms with E-state index < -0.39 is 11.0 Å². The van der Waals surface area contributed by atoms with Crippen LogP contribution >= 0.6 is 0 Å². The van der Waals surface area contributed by atoms with Crippen molar-refractivity contribution in [3.05, 3.63) is 0 Å². The van der Waals surface area contributed by atoms with E-state index in [4.69, 9.17) is 5.26 Å². The second kappa shape index (κ2) is 4.11. The van der Waals surface area contributed by atoms with Crippen molar-refractivity contribution < 1.29 is 5.11 Å². The summed E-state index contributed by atoms with van der Waals surface area (Å²) in [6.07, 6.45) is 1.40. The summed E-state index contributed by atoms with van der Waals surface area (Å²) in [4.78, 5) is 2.35. The average Bonchev–Trinajstić information content (AvgIpc) is 2.18. The number of rotatable bonds is 2. The van der Waals surface area contributed by atoms with Gasteiger partial charge in [0, 0.05) is 19.1 Å². The molecular weight excluding hydrogens is 188 g/mol. The molecule has 0 aromatic carbocycles. The van der Waals surface area contributed by atoms with Crippen LogP contribution in [0.15, 0.2) is 0 Å². The van der Waals surface area contributed by atoms with E-state index in [0.717, 1.165) is 13.1 Å². The molecule has 1 rings (SSSR count). The number of aliphatic hydroxyl groups is 1. The van der Waals surface area contributed by atoms with Gasteiger partial charge in [-0.15, -0.1) is 0 Å². The molecule has 1 aliphatic heterocycles. The summed E-state index contributed by atoms with van der Waals surface area (Å²) in [6, 6.07) is 2.75. The molecule has 0 aromatic heterocycles. The van der Waals surface area contributed by atoms with Crippen LogP contribution in [0.25, 0.3) is 0 Å². The maximum Gasteiger partial charge on any atom is 0.0852 e. The van der Waals surface area contributed by atoms with Gasteiger partial charge in [0.05, 0.1) is 17.1 Å². The summed E-state index contributed by atoms with van der Waals surface area (Å²) in [5.74, 6) is 0. The van der Waals surface area contributed by atoms with E-state index in [0.29, 0.717) is 18.9 Å². The number of hydrogen-bond acceptors (Lipinski definition) is 3. The van der Waals surface area contributed by atoms with Gasteiger partial charge in [0.25, 0.3) is 0 Å². The van der Waals surface area contributed by atoms with Gasteiger partial charge in [0.1, 0.15) is 0 Å². The predicted molar refractivity (Wildman–Crippen MR) is 60.3 cm³/mol. The first-order chi connectivity index (χ1) is 6.82. The molecule has 0 aromatic rings. The van der Waals surface area contributed by atoms with Gasteiger partial charge < -0.3 is 10.0 Å². The van der Waals surface area contributed by atoms with E-state index in [9.17, 15) is 5.11 Å². The van der Waals surface area contributed by atoms with Crippen LogP contribution in [0, 0.1) is 16.7 Å². The monoisotopic (exact) mass is 210 g/mol. The van der Waals surface area contributed by atoms with Crippen molar-refractivity contribution in [3.8, 4) is 6.07 Å². The Hall–Kier alpha value is -0.590. The Morgan fingerprint density at radius 3 is 2.13 bits per heavy atom. The number of piperidine rings is 1. The Labute approximate surface area is 92.7 Å². The maximum atomic E-state index is 10.4. The smallest absolute Gasteiger partial charge is 0.0852 e. The van der Waals surface area contributed by atoms with Gasteiger partial charge in [-0.3, -0.25) is 0 Å². The summed E-state index contributed by atoms with van der Waals surface area (Å²) in [5.41, 5.74) is -1.46. The van der Waals surface area contributed by atoms with Crippen LogP contribution in [0.1, 0.15) is 40.5 Å². The maximum absolute atomic E-state index is 10.4. The third kappa shape index (κ3) is 2.32. The van der Waals surface area contributed by atoms with Crippen LogP contribution in [0.4, 0.5) is 0 Å². The van der Waals surface area contributed by atoms with Gasteiger partial charge in [-0.25, -0.2) is 0 Å². The minimum absolute atomic E-state index is 0.528. The van der Waals surface area contributed by atoms with E-state index in [1.54, 1.807) is 0 Å². The molecular formula is C12H22N2O. The first kappa shape index (κ1) is 12.5. The standard InChI is InChI=1S/C12H22N2O/c1-10(2)14-7-5-12(15,6-8-14)11(3,4)9-13/h10,15H,5-8H2,1-4H3. The zero-order chi connectivity index (χ0) is 11.7. The van der Waals surface area contributed by atoms with E-state index in [1.165, 1.54) is 0 Å². The zero-order valence-corrected chi connectivity index (χ0v) is 10.2. The van der Waals surface area contributed by atoms with Crippen molar-refractivity contribution in [3.63, 3.8) is 0 Å². The Balaban J connectivity index is 2.67. The Morgan fingerprint density at radius 1 is 1.33 bits per heavy atom. The summed E-state index contributed by atoms with van der Waals surface area (Å²) < 4.78 is 0.